The van der Waals surface area contributed by atoms with Crippen LogP contribution in [0.1, 0.15) is 22.6 Å². The van der Waals surface area contributed by atoms with Gasteiger partial charge in [-0.1, -0.05) is 0 Å². The van der Waals surface area contributed by atoms with Crippen LogP contribution in [-0.4, -0.2) is 38.8 Å². The number of thiazole rings is 1. The molecule has 0 bridgehead atoms. The minimum atomic E-state index is -4.34. The zero-order valence-electron chi connectivity index (χ0n) is 13.0. The lowest BCUT2D eigenvalue weighted by Crippen LogP contribution is -2.28. The van der Waals surface area contributed by atoms with E-state index in [2.05, 4.69) is 10.1 Å². The molecular formula is C14H17F3N4OS. The van der Waals surface area contributed by atoms with Crippen molar-refractivity contribution in [3.63, 3.8) is 0 Å². The average molecular weight is 346 g/mol. The Hall–Kier alpha value is -1.90. The van der Waals surface area contributed by atoms with Crippen molar-refractivity contribution in [1.82, 2.24) is 19.7 Å². The molecule has 0 N–H and O–H groups in total. The molecule has 9 heteroatoms. The van der Waals surface area contributed by atoms with Crippen LogP contribution < -0.4 is 0 Å². The Morgan fingerprint density at radius 1 is 1.39 bits per heavy atom. The Morgan fingerprint density at radius 3 is 2.65 bits per heavy atom. The minimum absolute atomic E-state index is 0.0240. The molecule has 0 aliphatic heterocycles. The zero-order chi connectivity index (χ0) is 17.2. The maximum atomic E-state index is 12.5. The fourth-order valence-electron chi connectivity index (χ4n) is 2.25. The van der Waals surface area contributed by atoms with E-state index in [1.807, 2.05) is 5.38 Å². The van der Waals surface area contributed by atoms with Crippen molar-refractivity contribution in [2.24, 2.45) is 0 Å². The van der Waals surface area contributed by atoms with Crippen LogP contribution in [0.15, 0.2) is 10.9 Å². The van der Waals surface area contributed by atoms with E-state index in [9.17, 15) is 18.0 Å². The second-order valence-electron chi connectivity index (χ2n) is 5.33. The van der Waals surface area contributed by atoms with Crippen molar-refractivity contribution in [2.45, 2.75) is 39.5 Å². The second kappa shape index (κ2) is 6.69. The van der Waals surface area contributed by atoms with Gasteiger partial charge in [0, 0.05) is 23.7 Å². The molecule has 0 atom stereocenters. The summed E-state index contributed by atoms with van der Waals surface area (Å²) in [4.78, 5) is 17.9. The third-order valence-corrected chi connectivity index (χ3v) is 4.13. The number of rotatable bonds is 5. The largest absolute Gasteiger partial charge is 0.408 e. The Morgan fingerprint density at radius 2 is 2.09 bits per heavy atom. The van der Waals surface area contributed by atoms with Crippen molar-refractivity contribution in [3.05, 3.63) is 33.5 Å². The summed E-state index contributed by atoms with van der Waals surface area (Å²) in [5.74, 6) is -0.184. The molecule has 0 fully saturated rings. The molecule has 2 rings (SSSR count). The number of amides is 1. The van der Waals surface area contributed by atoms with Crippen LogP contribution in [-0.2, 0) is 24.3 Å². The van der Waals surface area contributed by atoms with Gasteiger partial charge in [-0.3, -0.25) is 9.48 Å². The smallest absolute Gasteiger partial charge is 0.340 e. The standard InChI is InChI=1S/C14H17F3N4OS/c1-9-12(10(2)21(19-9)7-14(15,16)17)4-13(22)20(3)5-11-6-23-8-18-11/h6,8H,4-5,7H2,1-3H3. The summed E-state index contributed by atoms with van der Waals surface area (Å²) >= 11 is 1.44. The highest BCUT2D eigenvalue weighted by molar-refractivity contribution is 7.07. The van der Waals surface area contributed by atoms with Crippen LogP contribution >= 0.6 is 11.3 Å². The molecule has 126 valence electrons. The summed E-state index contributed by atoms with van der Waals surface area (Å²) in [6.07, 6.45) is -4.32. The Bertz CT molecular complexity index is 679. The molecule has 0 saturated heterocycles. The maximum absolute atomic E-state index is 12.5. The van der Waals surface area contributed by atoms with Crippen LogP contribution in [0.3, 0.4) is 0 Å². The second-order valence-corrected chi connectivity index (χ2v) is 6.05. The first-order chi connectivity index (χ1) is 10.7. The molecule has 0 aliphatic rings. The Balaban J connectivity index is 2.08. The van der Waals surface area contributed by atoms with Crippen LogP contribution in [0.5, 0.6) is 0 Å². The topological polar surface area (TPSA) is 51.0 Å². The van der Waals surface area contributed by atoms with Gasteiger partial charge in [-0.2, -0.15) is 18.3 Å². The monoisotopic (exact) mass is 346 g/mol. The van der Waals surface area contributed by atoms with E-state index in [1.54, 1.807) is 26.4 Å². The molecule has 0 spiro atoms. The highest BCUT2D eigenvalue weighted by Gasteiger charge is 2.30. The van der Waals surface area contributed by atoms with Crippen LogP contribution in [0, 0.1) is 13.8 Å². The molecule has 0 radical (unpaired) electrons. The highest BCUT2D eigenvalue weighted by atomic mass is 32.1. The van der Waals surface area contributed by atoms with E-state index in [0.717, 1.165) is 10.4 Å². The van der Waals surface area contributed by atoms with Crippen LogP contribution in [0.2, 0.25) is 0 Å². The van der Waals surface area contributed by atoms with E-state index in [4.69, 9.17) is 0 Å². The summed E-state index contributed by atoms with van der Waals surface area (Å²) in [6, 6.07) is 0. The predicted octanol–water partition coefficient (Wildman–Crippen LogP) is 2.72. The van der Waals surface area contributed by atoms with Crippen molar-refractivity contribution in [3.8, 4) is 0 Å². The zero-order valence-corrected chi connectivity index (χ0v) is 13.8. The number of aryl methyl sites for hydroxylation is 1. The Kier molecular flexibility index (Phi) is 5.08. The van der Waals surface area contributed by atoms with Crippen LogP contribution in [0.25, 0.3) is 0 Å². The van der Waals surface area contributed by atoms with E-state index >= 15 is 0 Å². The molecule has 2 aromatic rings. The molecule has 0 aromatic carbocycles. The maximum Gasteiger partial charge on any atom is 0.408 e. The predicted molar refractivity (Wildman–Crippen MR) is 80.0 cm³/mol. The van der Waals surface area contributed by atoms with E-state index in [1.165, 1.54) is 16.2 Å². The van der Waals surface area contributed by atoms with Gasteiger partial charge in [-0.05, 0) is 13.8 Å². The van der Waals surface area contributed by atoms with Gasteiger partial charge in [0.05, 0.1) is 29.9 Å². The average Bonchev–Trinajstić information content (AvgIpc) is 3.01. The van der Waals surface area contributed by atoms with Gasteiger partial charge < -0.3 is 4.90 Å². The van der Waals surface area contributed by atoms with Crippen molar-refractivity contribution >= 4 is 17.2 Å². The fourth-order valence-corrected chi connectivity index (χ4v) is 2.80. The first-order valence-corrected chi connectivity index (χ1v) is 7.82. The van der Waals surface area contributed by atoms with Gasteiger partial charge in [0.1, 0.15) is 6.54 Å². The quantitative estimate of drug-likeness (QED) is 0.836. The van der Waals surface area contributed by atoms with E-state index in [0.29, 0.717) is 23.5 Å². The highest BCUT2D eigenvalue weighted by Crippen LogP contribution is 2.21. The summed E-state index contributed by atoms with van der Waals surface area (Å²) in [7, 11) is 1.65. The van der Waals surface area contributed by atoms with Gasteiger partial charge >= 0.3 is 6.18 Å². The SMILES string of the molecule is Cc1nn(CC(F)(F)F)c(C)c1CC(=O)N(C)Cc1cscn1. The number of hydrogen-bond donors (Lipinski definition) is 0. The van der Waals surface area contributed by atoms with Crippen molar-refractivity contribution in [2.75, 3.05) is 7.05 Å². The number of likely N-dealkylation sites (N-methyl/N-ethyl adjacent to an activating group) is 1. The lowest BCUT2D eigenvalue weighted by Gasteiger charge is -2.16. The summed E-state index contributed by atoms with van der Waals surface area (Å²) in [5, 5.41) is 5.75. The van der Waals surface area contributed by atoms with Gasteiger partial charge in [-0.25, -0.2) is 4.98 Å². The minimum Gasteiger partial charge on any atom is -0.340 e. The summed E-state index contributed by atoms with van der Waals surface area (Å²) in [6.45, 7) is 2.39. The lowest BCUT2D eigenvalue weighted by atomic mass is 10.1. The molecule has 2 aromatic heterocycles. The molecule has 0 aliphatic carbocycles. The third kappa shape index (κ3) is 4.54. The van der Waals surface area contributed by atoms with Crippen molar-refractivity contribution in [1.29, 1.82) is 0 Å². The molecule has 5 nitrogen and oxygen atoms in total. The molecule has 23 heavy (non-hydrogen) atoms. The summed E-state index contributed by atoms with van der Waals surface area (Å²) in [5.41, 5.74) is 3.83. The van der Waals surface area contributed by atoms with Gasteiger partial charge in [0.15, 0.2) is 0 Å². The number of alkyl halides is 3. The lowest BCUT2D eigenvalue weighted by molar-refractivity contribution is -0.143. The van der Waals surface area contributed by atoms with Gasteiger partial charge in [0.25, 0.3) is 0 Å². The molecule has 1 amide bonds. The number of carbonyl (C=O) groups is 1. The summed E-state index contributed by atoms with van der Waals surface area (Å²) < 4.78 is 38.5. The van der Waals surface area contributed by atoms with Gasteiger partial charge in [-0.15, -0.1) is 11.3 Å². The number of aromatic nitrogens is 3. The van der Waals surface area contributed by atoms with Gasteiger partial charge in [0.2, 0.25) is 5.91 Å². The molecule has 0 saturated carbocycles. The fraction of sp³-hybridized carbons (Fsp3) is 0.500. The molecular weight excluding hydrogens is 329 g/mol. The first kappa shape index (κ1) is 17.5. The van der Waals surface area contributed by atoms with Crippen LogP contribution in [0.4, 0.5) is 13.2 Å². The molecule has 2 heterocycles. The number of halogens is 3. The third-order valence-electron chi connectivity index (χ3n) is 3.50. The number of nitrogens with zero attached hydrogens (tertiary/aromatic N) is 4. The Labute approximate surface area is 135 Å². The normalized spacial score (nSPS) is 11.7. The van der Waals surface area contributed by atoms with E-state index < -0.39 is 12.7 Å². The molecule has 0 unspecified atom stereocenters. The van der Waals surface area contributed by atoms with E-state index in [-0.39, 0.29) is 12.3 Å². The number of carbonyl (C=O) groups excluding carboxylic acids is 1. The number of hydrogen-bond acceptors (Lipinski definition) is 4. The first-order valence-electron chi connectivity index (χ1n) is 6.88. The van der Waals surface area contributed by atoms with Crippen molar-refractivity contribution < 1.29 is 18.0 Å².